The summed E-state index contributed by atoms with van der Waals surface area (Å²) in [5, 5.41) is 0.691. The Labute approximate surface area is 160 Å². The second-order valence-electron chi connectivity index (χ2n) is 5.95. The fourth-order valence-corrected chi connectivity index (χ4v) is 2.79. The van der Waals surface area contributed by atoms with Gasteiger partial charge in [0.25, 0.3) is 11.8 Å². The lowest BCUT2D eigenvalue weighted by Gasteiger charge is -2.11. The predicted molar refractivity (Wildman–Crippen MR) is 104 cm³/mol. The molecule has 136 valence electrons. The van der Waals surface area contributed by atoms with E-state index in [4.69, 9.17) is 0 Å². The molecule has 0 aliphatic heterocycles. The summed E-state index contributed by atoms with van der Waals surface area (Å²) < 4.78 is 0. The SMILES string of the molecule is O=C(NNC(=O)c1cc(-c2ccncc2)nc2ccccc12)c1ccncc1. The molecule has 3 aromatic heterocycles. The number of rotatable bonds is 3. The van der Waals surface area contributed by atoms with Gasteiger partial charge in [0.15, 0.2) is 0 Å². The summed E-state index contributed by atoms with van der Waals surface area (Å²) in [5.41, 5.74) is 7.87. The fourth-order valence-electron chi connectivity index (χ4n) is 2.79. The Morgan fingerprint density at radius 2 is 1.39 bits per heavy atom. The van der Waals surface area contributed by atoms with Crippen LogP contribution >= 0.6 is 0 Å². The minimum atomic E-state index is -0.434. The Kier molecular flexibility index (Phi) is 4.71. The van der Waals surface area contributed by atoms with E-state index < -0.39 is 11.8 Å². The molecule has 4 rings (SSSR count). The maximum absolute atomic E-state index is 12.8. The minimum Gasteiger partial charge on any atom is -0.267 e. The summed E-state index contributed by atoms with van der Waals surface area (Å²) in [6.45, 7) is 0. The van der Waals surface area contributed by atoms with Crippen molar-refractivity contribution in [1.29, 1.82) is 0 Å². The zero-order valence-electron chi connectivity index (χ0n) is 14.7. The molecule has 0 spiro atoms. The van der Waals surface area contributed by atoms with Gasteiger partial charge in [-0.3, -0.25) is 30.4 Å². The number of amides is 2. The van der Waals surface area contributed by atoms with Crippen LogP contribution in [-0.4, -0.2) is 26.8 Å². The predicted octanol–water partition coefficient (Wildman–Crippen LogP) is 2.77. The van der Waals surface area contributed by atoms with Gasteiger partial charge in [0, 0.05) is 41.3 Å². The number of hydrogen-bond acceptors (Lipinski definition) is 5. The summed E-state index contributed by atoms with van der Waals surface area (Å²) in [5.74, 6) is -0.861. The monoisotopic (exact) mass is 369 g/mol. The third-order valence-corrected chi connectivity index (χ3v) is 4.17. The van der Waals surface area contributed by atoms with E-state index in [9.17, 15) is 9.59 Å². The average Bonchev–Trinajstić information content (AvgIpc) is 2.77. The van der Waals surface area contributed by atoms with Crippen molar-refractivity contribution < 1.29 is 9.59 Å². The first-order chi connectivity index (χ1) is 13.7. The molecule has 3 heterocycles. The van der Waals surface area contributed by atoms with E-state index in [0.29, 0.717) is 27.7 Å². The van der Waals surface area contributed by atoms with Crippen molar-refractivity contribution in [2.45, 2.75) is 0 Å². The molecule has 2 amide bonds. The first kappa shape index (κ1) is 17.3. The van der Waals surface area contributed by atoms with Gasteiger partial charge >= 0.3 is 0 Å². The number of pyridine rings is 3. The molecule has 0 aliphatic rings. The zero-order chi connectivity index (χ0) is 19.3. The van der Waals surface area contributed by atoms with Crippen LogP contribution in [0.3, 0.4) is 0 Å². The van der Waals surface area contributed by atoms with E-state index >= 15 is 0 Å². The highest BCUT2D eigenvalue weighted by Gasteiger charge is 2.15. The topological polar surface area (TPSA) is 96.9 Å². The molecule has 0 aliphatic carbocycles. The molecule has 0 saturated carbocycles. The molecule has 0 fully saturated rings. The van der Waals surface area contributed by atoms with Gasteiger partial charge in [-0.1, -0.05) is 18.2 Å². The lowest BCUT2D eigenvalue weighted by atomic mass is 10.0. The fraction of sp³-hybridized carbons (Fsp3) is 0. The molecule has 0 atom stereocenters. The van der Waals surface area contributed by atoms with Gasteiger partial charge in [-0.05, 0) is 36.4 Å². The molecule has 4 aromatic rings. The number of carbonyl (C=O) groups is 2. The second-order valence-corrected chi connectivity index (χ2v) is 5.95. The zero-order valence-corrected chi connectivity index (χ0v) is 14.7. The van der Waals surface area contributed by atoms with E-state index in [-0.39, 0.29) is 0 Å². The summed E-state index contributed by atoms with van der Waals surface area (Å²) >= 11 is 0. The highest BCUT2D eigenvalue weighted by Crippen LogP contribution is 2.24. The quantitative estimate of drug-likeness (QED) is 0.541. The lowest BCUT2D eigenvalue weighted by Crippen LogP contribution is -2.41. The van der Waals surface area contributed by atoms with Crippen molar-refractivity contribution in [3.63, 3.8) is 0 Å². The van der Waals surface area contributed by atoms with Crippen LogP contribution < -0.4 is 10.9 Å². The number of nitrogens with zero attached hydrogens (tertiary/aromatic N) is 3. The first-order valence-corrected chi connectivity index (χ1v) is 8.53. The molecule has 1 aromatic carbocycles. The highest BCUT2D eigenvalue weighted by atomic mass is 16.2. The number of hydrogen-bond donors (Lipinski definition) is 2. The molecule has 0 radical (unpaired) electrons. The summed E-state index contributed by atoms with van der Waals surface area (Å²) in [4.78, 5) is 37.5. The van der Waals surface area contributed by atoms with Crippen LogP contribution in [0.2, 0.25) is 0 Å². The van der Waals surface area contributed by atoms with E-state index in [1.54, 1.807) is 30.6 Å². The van der Waals surface area contributed by atoms with Gasteiger partial charge in [0.05, 0.1) is 16.8 Å². The molecule has 7 heteroatoms. The molecule has 7 nitrogen and oxygen atoms in total. The van der Waals surface area contributed by atoms with Crippen LogP contribution in [0, 0.1) is 0 Å². The van der Waals surface area contributed by atoms with Crippen LogP contribution in [0.25, 0.3) is 22.2 Å². The van der Waals surface area contributed by atoms with Gasteiger partial charge in [-0.25, -0.2) is 4.98 Å². The summed E-state index contributed by atoms with van der Waals surface area (Å²) in [6, 6.07) is 15.8. The molecule has 0 saturated heterocycles. The van der Waals surface area contributed by atoms with Crippen molar-refractivity contribution in [3.8, 4) is 11.3 Å². The Morgan fingerprint density at radius 1 is 0.750 bits per heavy atom. The third-order valence-electron chi connectivity index (χ3n) is 4.17. The largest absolute Gasteiger partial charge is 0.270 e. The van der Waals surface area contributed by atoms with Gasteiger partial charge in [0.1, 0.15) is 0 Å². The van der Waals surface area contributed by atoms with Crippen molar-refractivity contribution in [2.24, 2.45) is 0 Å². The normalized spacial score (nSPS) is 10.4. The van der Waals surface area contributed by atoms with Crippen LogP contribution in [0.4, 0.5) is 0 Å². The molecular weight excluding hydrogens is 354 g/mol. The Balaban J connectivity index is 1.65. The van der Waals surface area contributed by atoms with Crippen molar-refractivity contribution in [2.75, 3.05) is 0 Å². The van der Waals surface area contributed by atoms with Crippen LogP contribution in [0.5, 0.6) is 0 Å². The maximum atomic E-state index is 12.8. The molecule has 2 N–H and O–H groups in total. The molecule has 28 heavy (non-hydrogen) atoms. The van der Waals surface area contributed by atoms with Crippen LogP contribution in [0.1, 0.15) is 20.7 Å². The number of benzene rings is 1. The van der Waals surface area contributed by atoms with Gasteiger partial charge < -0.3 is 0 Å². The highest BCUT2D eigenvalue weighted by molar-refractivity contribution is 6.08. The van der Waals surface area contributed by atoms with Crippen LogP contribution in [0.15, 0.2) is 79.4 Å². The van der Waals surface area contributed by atoms with Gasteiger partial charge in [0.2, 0.25) is 0 Å². The van der Waals surface area contributed by atoms with Crippen molar-refractivity contribution >= 4 is 22.7 Å². The number of hydrazine groups is 1. The third kappa shape index (κ3) is 3.54. The molecule has 0 bridgehead atoms. The number of aromatic nitrogens is 3. The number of nitrogens with one attached hydrogen (secondary N) is 2. The van der Waals surface area contributed by atoms with E-state index in [1.165, 1.54) is 12.4 Å². The maximum Gasteiger partial charge on any atom is 0.270 e. The number of carbonyl (C=O) groups excluding carboxylic acids is 2. The molecule has 0 unspecified atom stereocenters. The summed E-state index contributed by atoms with van der Waals surface area (Å²) in [6.07, 6.45) is 6.35. The first-order valence-electron chi connectivity index (χ1n) is 8.53. The van der Waals surface area contributed by atoms with Crippen LogP contribution in [-0.2, 0) is 0 Å². The number of para-hydroxylation sites is 1. The van der Waals surface area contributed by atoms with Crippen molar-refractivity contribution in [1.82, 2.24) is 25.8 Å². The second kappa shape index (κ2) is 7.63. The Morgan fingerprint density at radius 3 is 2.14 bits per heavy atom. The Hall–Kier alpha value is -4.13. The van der Waals surface area contributed by atoms with E-state index in [2.05, 4.69) is 25.8 Å². The minimum absolute atomic E-state index is 0.396. The van der Waals surface area contributed by atoms with Crippen molar-refractivity contribution in [3.05, 3.63) is 90.5 Å². The standard InChI is InChI=1S/C21H15N5O2/c27-20(15-7-11-23-12-8-15)25-26-21(28)17-13-19(14-5-9-22-10-6-14)24-18-4-2-1-3-16(17)18/h1-13H,(H,25,27)(H,26,28). The van der Waals surface area contributed by atoms with Gasteiger partial charge in [-0.15, -0.1) is 0 Å². The van der Waals surface area contributed by atoms with Gasteiger partial charge in [-0.2, -0.15) is 0 Å². The van der Waals surface area contributed by atoms with E-state index in [0.717, 1.165) is 5.56 Å². The lowest BCUT2D eigenvalue weighted by molar-refractivity contribution is 0.0847. The Bertz CT molecular complexity index is 1150. The smallest absolute Gasteiger partial charge is 0.267 e. The average molecular weight is 369 g/mol. The summed E-state index contributed by atoms with van der Waals surface area (Å²) in [7, 11) is 0. The van der Waals surface area contributed by atoms with E-state index in [1.807, 2.05) is 36.4 Å². The molecular formula is C21H15N5O2. The number of fused-ring (bicyclic) bond motifs is 1.